The molecule has 1 aromatic carbocycles. The van der Waals surface area contributed by atoms with Gasteiger partial charge in [0.25, 0.3) is 0 Å². The monoisotopic (exact) mass is 306 g/mol. The van der Waals surface area contributed by atoms with Crippen molar-refractivity contribution in [2.24, 2.45) is 7.05 Å². The van der Waals surface area contributed by atoms with Crippen LogP contribution < -0.4 is 4.90 Å². The molecule has 0 bridgehead atoms. The molecule has 0 saturated heterocycles. The van der Waals surface area contributed by atoms with E-state index in [1.807, 2.05) is 0 Å². The summed E-state index contributed by atoms with van der Waals surface area (Å²) in [5.74, 6) is 1.07. The molecule has 5 rings (SSSR count). The molecule has 0 N–H and O–H groups in total. The minimum absolute atomic E-state index is 0.105. The quantitative estimate of drug-likeness (QED) is 0.684. The van der Waals surface area contributed by atoms with Gasteiger partial charge in [-0.05, 0) is 31.4 Å². The molecule has 0 radical (unpaired) electrons. The van der Waals surface area contributed by atoms with E-state index in [0.717, 1.165) is 12.3 Å². The van der Waals surface area contributed by atoms with Gasteiger partial charge in [0.05, 0.1) is 23.5 Å². The van der Waals surface area contributed by atoms with Crippen LogP contribution in [-0.2, 0) is 19.1 Å². The number of hydrogen-bond acceptors (Lipinski definition) is 2. The highest BCUT2D eigenvalue weighted by atomic mass is 15.3. The number of fused-ring (bicyclic) bond motifs is 4. The number of hydrogen-bond donors (Lipinski definition) is 0. The zero-order chi connectivity index (χ0) is 15.6. The summed E-state index contributed by atoms with van der Waals surface area (Å²) in [6.07, 6.45) is 9.30. The average molecular weight is 306 g/mol. The van der Waals surface area contributed by atoms with Crippen LogP contribution in [0.15, 0.2) is 36.7 Å². The lowest BCUT2D eigenvalue weighted by molar-refractivity contribution is 0.427. The number of para-hydroxylation sites is 1. The number of benzene rings is 1. The van der Waals surface area contributed by atoms with Crippen LogP contribution in [0.1, 0.15) is 42.6 Å². The van der Waals surface area contributed by atoms with Crippen molar-refractivity contribution in [3.63, 3.8) is 0 Å². The molecule has 1 saturated carbocycles. The molecular weight excluding hydrogens is 284 g/mol. The minimum atomic E-state index is 0.105. The van der Waals surface area contributed by atoms with Crippen molar-refractivity contribution in [3.8, 4) is 0 Å². The first-order valence-corrected chi connectivity index (χ1v) is 8.57. The second-order valence-corrected chi connectivity index (χ2v) is 7.10. The second kappa shape index (κ2) is 4.40. The van der Waals surface area contributed by atoms with E-state index in [0.29, 0.717) is 0 Å². The van der Waals surface area contributed by atoms with Crippen LogP contribution in [0.25, 0.3) is 5.78 Å². The van der Waals surface area contributed by atoms with E-state index in [2.05, 4.69) is 64.5 Å². The maximum atomic E-state index is 5.08. The predicted octanol–water partition coefficient (Wildman–Crippen LogP) is 3.77. The Bertz CT molecular complexity index is 895. The van der Waals surface area contributed by atoms with Crippen molar-refractivity contribution in [2.45, 2.75) is 44.7 Å². The second-order valence-electron chi connectivity index (χ2n) is 7.10. The molecule has 0 amide bonds. The van der Waals surface area contributed by atoms with Gasteiger partial charge in [-0.1, -0.05) is 31.0 Å². The van der Waals surface area contributed by atoms with Gasteiger partial charge in [0, 0.05) is 25.1 Å². The van der Waals surface area contributed by atoms with Crippen LogP contribution in [0.3, 0.4) is 0 Å². The van der Waals surface area contributed by atoms with Gasteiger partial charge in [-0.15, -0.1) is 0 Å². The Labute approximate surface area is 136 Å². The fourth-order valence-electron chi connectivity index (χ4n) is 4.69. The topological polar surface area (TPSA) is 25.5 Å². The molecule has 118 valence electrons. The molecule has 1 spiro atoms. The van der Waals surface area contributed by atoms with Crippen LogP contribution in [0, 0.1) is 6.92 Å². The van der Waals surface area contributed by atoms with Crippen molar-refractivity contribution >= 4 is 11.5 Å². The summed E-state index contributed by atoms with van der Waals surface area (Å²) in [5.41, 5.74) is 5.54. The maximum Gasteiger partial charge on any atom is 0.214 e. The number of aryl methyl sites for hydroxylation is 2. The number of nitrogens with zero attached hydrogens (tertiary/aromatic N) is 4. The molecule has 2 aromatic heterocycles. The summed E-state index contributed by atoms with van der Waals surface area (Å²) in [4.78, 5) is 7.71. The Morgan fingerprint density at radius 2 is 1.87 bits per heavy atom. The van der Waals surface area contributed by atoms with Crippen molar-refractivity contribution in [1.29, 1.82) is 0 Å². The van der Waals surface area contributed by atoms with Gasteiger partial charge < -0.3 is 9.47 Å². The summed E-state index contributed by atoms with van der Waals surface area (Å²) in [6, 6.07) is 8.78. The van der Waals surface area contributed by atoms with Crippen LogP contribution in [-0.4, -0.2) is 14.0 Å². The molecular formula is C19H22N4. The Kier molecular flexibility index (Phi) is 2.53. The Balaban J connectivity index is 1.73. The molecule has 4 nitrogen and oxygen atoms in total. The summed E-state index contributed by atoms with van der Waals surface area (Å²) in [7, 11) is 2.08. The van der Waals surface area contributed by atoms with Gasteiger partial charge in [-0.2, -0.15) is 0 Å². The molecule has 1 fully saturated rings. The molecule has 23 heavy (non-hydrogen) atoms. The van der Waals surface area contributed by atoms with Gasteiger partial charge in [-0.3, -0.25) is 4.40 Å². The molecule has 1 aliphatic heterocycles. The standard InChI is InChI=1S/C19H22N4/c1-14-7-3-4-8-15(14)23-13-16-17(19(23)9-5-6-10-19)20-18-21(2)11-12-22(16)18/h3-4,7-8,11-12H,5-6,9-10,13H2,1-2H3. The van der Waals surface area contributed by atoms with Crippen molar-refractivity contribution in [2.75, 3.05) is 4.90 Å². The van der Waals surface area contributed by atoms with Crippen molar-refractivity contribution < 1.29 is 0 Å². The highest BCUT2D eigenvalue weighted by molar-refractivity contribution is 5.61. The fraction of sp³-hybridized carbons (Fsp3) is 0.421. The molecule has 0 unspecified atom stereocenters. The van der Waals surface area contributed by atoms with Crippen LogP contribution in [0.5, 0.6) is 0 Å². The Hall–Kier alpha value is -2.23. The summed E-state index contributed by atoms with van der Waals surface area (Å²) < 4.78 is 4.41. The molecule has 1 aliphatic carbocycles. The van der Waals surface area contributed by atoms with E-state index < -0.39 is 0 Å². The van der Waals surface area contributed by atoms with E-state index in [9.17, 15) is 0 Å². The predicted molar refractivity (Wildman–Crippen MR) is 91.7 cm³/mol. The zero-order valence-corrected chi connectivity index (χ0v) is 13.8. The number of imidazole rings is 2. The molecule has 0 atom stereocenters. The van der Waals surface area contributed by atoms with Gasteiger partial charge in [-0.25, -0.2) is 4.98 Å². The first-order valence-electron chi connectivity index (χ1n) is 8.57. The van der Waals surface area contributed by atoms with Gasteiger partial charge in [0.15, 0.2) is 0 Å². The van der Waals surface area contributed by atoms with Crippen LogP contribution >= 0.6 is 0 Å². The molecule has 3 heterocycles. The van der Waals surface area contributed by atoms with E-state index in [1.54, 1.807) is 0 Å². The zero-order valence-electron chi connectivity index (χ0n) is 13.8. The highest BCUT2D eigenvalue weighted by Crippen LogP contribution is 2.52. The third kappa shape index (κ3) is 1.58. The van der Waals surface area contributed by atoms with Crippen molar-refractivity contribution in [3.05, 3.63) is 53.6 Å². The molecule has 4 heteroatoms. The number of anilines is 1. The van der Waals surface area contributed by atoms with Crippen molar-refractivity contribution in [1.82, 2.24) is 14.0 Å². The van der Waals surface area contributed by atoms with Crippen LogP contribution in [0.4, 0.5) is 5.69 Å². The van der Waals surface area contributed by atoms with Gasteiger partial charge >= 0.3 is 0 Å². The lowest BCUT2D eigenvalue weighted by Crippen LogP contribution is -2.39. The SMILES string of the molecule is Cc1ccccc1N1Cc2c(nc3n(C)ccn23)C12CCCC2. The Morgan fingerprint density at radius 3 is 2.65 bits per heavy atom. The van der Waals surface area contributed by atoms with E-state index >= 15 is 0 Å². The van der Waals surface area contributed by atoms with E-state index in [-0.39, 0.29) is 5.54 Å². The lowest BCUT2D eigenvalue weighted by Gasteiger charge is -2.37. The minimum Gasteiger partial charge on any atom is -0.354 e. The third-order valence-electron chi connectivity index (χ3n) is 5.85. The Morgan fingerprint density at radius 1 is 1.09 bits per heavy atom. The first-order chi connectivity index (χ1) is 11.2. The first kappa shape index (κ1) is 13.2. The summed E-state index contributed by atoms with van der Waals surface area (Å²) in [5, 5.41) is 0. The van der Waals surface area contributed by atoms with E-state index in [1.165, 1.54) is 48.3 Å². The largest absolute Gasteiger partial charge is 0.354 e. The fourth-order valence-corrected chi connectivity index (χ4v) is 4.69. The third-order valence-corrected chi connectivity index (χ3v) is 5.85. The summed E-state index contributed by atoms with van der Waals surface area (Å²) >= 11 is 0. The summed E-state index contributed by atoms with van der Waals surface area (Å²) in [6.45, 7) is 3.19. The average Bonchev–Trinajstić information content (AvgIpc) is 3.28. The lowest BCUT2D eigenvalue weighted by atomic mass is 9.92. The van der Waals surface area contributed by atoms with E-state index in [4.69, 9.17) is 4.98 Å². The normalized spacial score (nSPS) is 19.1. The van der Waals surface area contributed by atoms with Gasteiger partial charge in [0.1, 0.15) is 0 Å². The number of rotatable bonds is 1. The number of aromatic nitrogens is 3. The molecule has 2 aliphatic rings. The van der Waals surface area contributed by atoms with Crippen LogP contribution in [0.2, 0.25) is 0 Å². The highest BCUT2D eigenvalue weighted by Gasteiger charge is 2.50. The smallest absolute Gasteiger partial charge is 0.214 e. The molecule has 3 aromatic rings. The maximum absolute atomic E-state index is 5.08. The van der Waals surface area contributed by atoms with Gasteiger partial charge in [0.2, 0.25) is 5.78 Å².